The lowest BCUT2D eigenvalue weighted by molar-refractivity contribution is 0.0731. The van der Waals surface area contributed by atoms with Gasteiger partial charge in [-0.25, -0.2) is 4.79 Å². The average Bonchev–Trinajstić information content (AvgIpc) is 2.62. The molecule has 0 unspecified atom stereocenters. The SMILES string of the molecule is CCC(C)(C)c1ccc(OC(=O)c2ccc(O)cc2)c(C(C)(C)CC)c1. The van der Waals surface area contributed by atoms with Crippen LogP contribution in [0.2, 0.25) is 0 Å². The molecule has 3 heteroatoms. The monoisotopic (exact) mass is 354 g/mol. The van der Waals surface area contributed by atoms with E-state index in [1.165, 1.54) is 17.7 Å². The second kappa shape index (κ2) is 7.53. The number of phenols is 1. The smallest absolute Gasteiger partial charge is 0.343 e. The summed E-state index contributed by atoms with van der Waals surface area (Å²) in [5.41, 5.74) is 2.68. The fraction of sp³-hybridized carbons (Fsp3) is 0.435. The molecule has 0 radical (unpaired) electrons. The van der Waals surface area contributed by atoms with Crippen LogP contribution in [0.1, 0.15) is 75.9 Å². The maximum Gasteiger partial charge on any atom is 0.343 e. The van der Waals surface area contributed by atoms with Crippen LogP contribution in [0.3, 0.4) is 0 Å². The van der Waals surface area contributed by atoms with Crippen molar-refractivity contribution < 1.29 is 14.6 Å². The third-order valence-electron chi connectivity index (χ3n) is 5.56. The van der Waals surface area contributed by atoms with Gasteiger partial charge >= 0.3 is 5.97 Å². The molecular weight excluding hydrogens is 324 g/mol. The Labute approximate surface area is 157 Å². The molecule has 0 aliphatic carbocycles. The second-order valence-electron chi connectivity index (χ2n) is 8.12. The molecule has 0 fully saturated rings. The van der Waals surface area contributed by atoms with Gasteiger partial charge in [-0.3, -0.25) is 0 Å². The van der Waals surface area contributed by atoms with Crippen LogP contribution in [0.25, 0.3) is 0 Å². The van der Waals surface area contributed by atoms with Gasteiger partial charge in [0.25, 0.3) is 0 Å². The van der Waals surface area contributed by atoms with Crippen LogP contribution in [-0.4, -0.2) is 11.1 Å². The Bertz CT molecular complexity index is 771. The van der Waals surface area contributed by atoms with Crippen LogP contribution in [0.15, 0.2) is 42.5 Å². The van der Waals surface area contributed by atoms with Crippen molar-refractivity contribution in [2.45, 2.75) is 65.2 Å². The van der Waals surface area contributed by atoms with E-state index in [1.807, 2.05) is 6.07 Å². The Morgan fingerprint density at radius 3 is 2.04 bits per heavy atom. The number of carbonyl (C=O) groups is 1. The van der Waals surface area contributed by atoms with E-state index >= 15 is 0 Å². The first-order chi connectivity index (χ1) is 12.1. The van der Waals surface area contributed by atoms with Crippen molar-refractivity contribution >= 4 is 5.97 Å². The van der Waals surface area contributed by atoms with Crippen LogP contribution in [0.5, 0.6) is 11.5 Å². The van der Waals surface area contributed by atoms with Gasteiger partial charge in [-0.1, -0.05) is 53.7 Å². The van der Waals surface area contributed by atoms with E-state index in [9.17, 15) is 9.90 Å². The van der Waals surface area contributed by atoms with Gasteiger partial charge in [0, 0.05) is 5.56 Å². The summed E-state index contributed by atoms with van der Waals surface area (Å²) in [6.45, 7) is 13.1. The lowest BCUT2D eigenvalue weighted by Gasteiger charge is -2.30. The molecule has 0 saturated heterocycles. The number of rotatable bonds is 6. The fourth-order valence-corrected chi connectivity index (χ4v) is 2.72. The largest absolute Gasteiger partial charge is 0.508 e. The van der Waals surface area contributed by atoms with Crippen LogP contribution in [-0.2, 0) is 10.8 Å². The van der Waals surface area contributed by atoms with Gasteiger partial charge in [0.05, 0.1) is 5.56 Å². The number of aromatic hydroxyl groups is 1. The fourth-order valence-electron chi connectivity index (χ4n) is 2.72. The minimum Gasteiger partial charge on any atom is -0.508 e. The molecule has 3 nitrogen and oxygen atoms in total. The molecule has 0 atom stereocenters. The lowest BCUT2D eigenvalue weighted by Crippen LogP contribution is -2.22. The van der Waals surface area contributed by atoms with Gasteiger partial charge in [-0.15, -0.1) is 0 Å². The highest BCUT2D eigenvalue weighted by atomic mass is 16.5. The summed E-state index contributed by atoms with van der Waals surface area (Å²) in [7, 11) is 0. The van der Waals surface area contributed by atoms with E-state index in [0.29, 0.717) is 11.3 Å². The van der Waals surface area contributed by atoms with Crippen molar-refractivity contribution in [3.63, 3.8) is 0 Å². The van der Waals surface area contributed by atoms with Gasteiger partial charge in [0.2, 0.25) is 0 Å². The van der Waals surface area contributed by atoms with Gasteiger partial charge < -0.3 is 9.84 Å². The van der Waals surface area contributed by atoms with Crippen molar-refractivity contribution in [3.8, 4) is 11.5 Å². The van der Waals surface area contributed by atoms with E-state index in [0.717, 1.165) is 18.4 Å². The molecule has 2 aromatic carbocycles. The Balaban J connectivity index is 2.44. The first-order valence-corrected chi connectivity index (χ1v) is 9.27. The molecule has 0 amide bonds. The lowest BCUT2D eigenvalue weighted by atomic mass is 9.76. The van der Waals surface area contributed by atoms with Crippen LogP contribution in [0, 0.1) is 0 Å². The minimum absolute atomic E-state index is 0.0675. The quantitative estimate of drug-likeness (QED) is 0.512. The first-order valence-electron chi connectivity index (χ1n) is 9.27. The zero-order chi connectivity index (χ0) is 19.5. The molecule has 2 rings (SSSR count). The summed E-state index contributed by atoms with van der Waals surface area (Å²) in [6, 6.07) is 12.3. The maximum absolute atomic E-state index is 12.5. The number of carbonyl (C=O) groups excluding carboxylic acids is 1. The van der Waals surface area contributed by atoms with Crippen LogP contribution < -0.4 is 4.74 Å². The third kappa shape index (κ3) is 4.27. The molecule has 0 bridgehead atoms. The normalized spacial score (nSPS) is 12.1. The van der Waals surface area contributed by atoms with Crippen molar-refractivity contribution in [2.24, 2.45) is 0 Å². The Hall–Kier alpha value is -2.29. The van der Waals surface area contributed by atoms with E-state index in [1.54, 1.807) is 12.1 Å². The zero-order valence-corrected chi connectivity index (χ0v) is 16.7. The molecular formula is C23H30O3. The Morgan fingerprint density at radius 2 is 1.50 bits per heavy atom. The van der Waals surface area contributed by atoms with E-state index in [4.69, 9.17) is 4.74 Å². The summed E-state index contributed by atoms with van der Waals surface area (Å²) in [4.78, 5) is 12.5. The van der Waals surface area contributed by atoms with Gasteiger partial charge in [0.1, 0.15) is 11.5 Å². The average molecular weight is 354 g/mol. The first kappa shape index (κ1) is 20.0. The van der Waals surface area contributed by atoms with Crippen molar-refractivity contribution in [1.82, 2.24) is 0 Å². The molecule has 0 aromatic heterocycles. The molecule has 0 aliphatic rings. The van der Waals surface area contributed by atoms with Crippen molar-refractivity contribution in [2.75, 3.05) is 0 Å². The van der Waals surface area contributed by atoms with E-state index in [2.05, 4.69) is 53.7 Å². The number of esters is 1. The number of phenolic OH excluding ortho intramolecular Hbond substituents is 1. The molecule has 140 valence electrons. The standard InChI is InChI=1S/C23H30O3/c1-7-22(3,4)17-11-14-20(19(15-17)23(5,6)8-2)26-21(25)16-9-12-18(24)13-10-16/h9-15,24H,7-8H2,1-6H3. The predicted molar refractivity (Wildman–Crippen MR) is 106 cm³/mol. The Morgan fingerprint density at radius 1 is 0.923 bits per heavy atom. The summed E-state index contributed by atoms with van der Waals surface area (Å²) >= 11 is 0. The number of hydrogen-bond donors (Lipinski definition) is 1. The zero-order valence-electron chi connectivity index (χ0n) is 16.7. The summed E-state index contributed by atoms with van der Waals surface area (Å²) < 4.78 is 5.74. The molecule has 0 spiro atoms. The number of hydrogen-bond acceptors (Lipinski definition) is 3. The topological polar surface area (TPSA) is 46.5 Å². The van der Waals surface area contributed by atoms with E-state index in [-0.39, 0.29) is 16.6 Å². The number of ether oxygens (including phenoxy) is 1. The van der Waals surface area contributed by atoms with E-state index < -0.39 is 5.97 Å². The predicted octanol–water partition coefficient (Wildman–Crippen LogP) is 5.99. The highest BCUT2D eigenvalue weighted by Crippen LogP contribution is 2.38. The summed E-state index contributed by atoms with van der Waals surface area (Å²) in [5, 5.41) is 9.39. The van der Waals surface area contributed by atoms with Gasteiger partial charge in [-0.2, -0.15) is 0 Å². The number of benzene rings is 2. The maximum atomic E-state index is 12.5. The van der Waals surface area contributed by atoms with Crippen LogP contribution in [0.4, 0.5) is 0 Å². The van der Waals surface area contributed by atoms with Gasteiger partial charge in [-0.05, 0) is 59.6 Å². The molecule has 0 aliphatic heterocycles. The highest BCUT2D eigenvalue weighted by molar-refractivity contribution is 5.91. The summed E-state index contributed by atoms with van der Waals surface area (Å²) in [5.74, 6) is 0.312. The molecule has 2 aromatic rings. The molecule has 0 saturated carbocycles. The minimum atomic E-state index is -0.416. The van der Waals surface area contributed by atoms with Crippen molar-refractivity contribution in [1.29, 1.82) is 0 Å². The highest BCUT2D eigenvalue weighted by Gasteiger charge is 2.27. The molecule has 0 heterocycles. The summed E-state index contributed by atoms with van der Waals surface area (Å²) in [6.07, 6.45) is 1.97. The second-order valence-corrected chi connectivity index (χ2v) is 8.12. The van der Waals surface area contributed by atoms with Gasteiger partial charge in [0.15, 0.2) is 0 Å². The van der Waals surface area contributed by atoms with Crippen molar-refractivity contribution in [3.05, 3.63) is 59.2 Å². The van der Waals surface area contributed by atoms with Crippen LogP contribution >= 0.6 is 0 Å². The molecule has 1 N–H and O–H groups in total. The third-order valence-corrected chi connectivity index (χ3v) is 5.56. The Kier molecular flexibility index (Phi) is 5.80. The molecule has 26 heavy (non-hydrogen) atoms.